The Bertz CT molecular complexity index is 524. The Balaban J connectivity index is 2.28. The molecule has 0 aliphatic carbocycles. The fourth-order valence-electron chi connectivity index (χ4n) is 1.44. The molecule has 17 heavy (non-hydrogen) atoms. The van der Waals surface area contributed by atoms with Gasteiger partial charge in [0.15, 0.2) is 0 Å². The van der Waals surface area contributed by atoms with Crippen molar-refractivity contribution in [1.82, 2.24) is 0 Å². The number of aromatic hydroxyl groups is 1. The number of rotatable bonds is 2. The highest BCUT2D eigenvalue weighted by Gasteiger charge is 2.03. The molecule has 1 N–H and O–H groups in total. The monoisotopic (exact) mass is 352 g/mol. The first kappa shape index (κ1) is 12.4. The van der Waals surface area contributed by atoms with E-state index in [1.54, 1.807) is 0 Å². The van der Waals surface area contributed by atoms with Gasteiger partial charge in [-0.1, -0.05) is 42.5 Å². The van der Waals surface area contributed by atoms with E-state index in [0.717, 1.165) is 11.1 Å². The van der Waals surface area contributed by atoms with Crippen LogP contribution >= 0.6 is 31.9 Å². The molecule has 2 aromatic carbocycles. The van der Waals surface area contributed by atoms with Crippen LogP contribution in [0.4, 0.5) is 0 Å². The number of halogens is 2. The zero-order valence-corrected chi connectivity index (χ0v) is 12.1. The van der Waals surface area contributed by atoms with Gasteiger partial charge in [0.2, 0.25) is 0 Å². The van der Waals surface area contributed by atoms with Crippen molar-refractivity contribution in [3.8, 4) is 5.75 Å². The van der Waals surface area contributed by atoms with E-state index in [0.29, 0.717) is 8.95 Å². The maximum Gasteiger partial charge on any atom is 0.143 e. The van der Waals surface area contributed by atoms with Gasteiger partial charge in [-0.05, 0) is 55.1 Å². The van der Waals surface area contributed by atoms with Gasteiger partial charge in [0.05, 0.1) is 8.95 Å². The lowest BCUT2D eigenvalue weighted by atomic mass is 10.1. The molecule has 0 spiro atoms. The van der Waals surface area contributed by atoms with E-state index in [1.807, 2.05) is 54.6 Å². The summed E-state index contributed by atoms with van der Waals surface area (Å²) < 4.78 is 1.36. The largest absolute Gasteiger partial charge is 0.506 e. The SMILES string of the molecule is Oc1c(Br)cc(C=Cc2ccccc2)cc1Br. The molecule has 86 valence electrons. The fourth-order valence-corrected chi connectivity index (χ4v) is 2.66. The van der Waals surface area contributed by atoms with Crippen LogP contribution in [0.15, 0.2) is 51.4 Å². The van der Waals surface area contributed by atoms with Crippen molar-refractivity contribution in [3.05, 3.63) is 62.5 Å². The number of phenols is 1. The summed E-state index contributed by atoms with van der Waals surface area (Å²) in [6.07, 6.45) is 4.04. The second-order valence-corrected chi connectivity index (χ2v) is 5.29. The standard InChI is InChI=1S/C14H10Br2O/c15-12-8-11(9-13(16)14(12)17)7-6-10-4-2-1-3-5-10/h1-9,17H. The van der Waals surface area contributed by atoms with Crippen LogP contribution in [0.1, 0.15) is 11.1 Å². The number of benzene rings is 2. The topological polar surface area (TPSA) is 20.2 Å². The van der Waals surface area contributed by atoms with E-state index in [9.17, 15) is 5.11 Å². The summed E-state index contributed by atoms with van der Waals surface area (Å²) >= 11 is 6.62. The molecule has 2 rings (SSSR count). The Kier molecular flexibility index (Phi) is 4.02. The van der Waals surface area contributed by atoms with E-state index in [2.05, 4.69) is 31.9 Å². The van der Waals surface area contributed by atoms with E-state index in [1.165, 1.54) is 0 Å². The van der Waals surface area contributed by atoms with Crippen molar-refractivity contribution in [1.29, 1.82) is 0 Å². The first-order valence-corrected chi connectivity index (χ1v) is 6.66. The lowest BCUT2D eigenvalue weighted by Crippen LogP contribution is -1.77. The Morgan fingerprint density at radius 2 is 1.35 bits per heavy atom. The minimum absolute atomic E-state index is 0.224. The quantitative estimate of drug-likeness (QED) is 0.745. The van der Waals surface area contributed by atoms with Crippen molar-refractivity contribution in [2.75, 3.05) is 0 Å². The Hall–Kier alpha value is -1.06. The Labute approximate surface area is 117 Å². The highest BCUT2D eigenvalue weighted by atomic mass is 79.9. The molecule has 0 saturated heterocycles. The van der Waals surface area contributed by atoms with Crippen LogP contribution in [0.3, 0.4) is 0 Å². The van der Waals surface area contributed by atoms with Gasteiger partial charge in [-0.2, -0.15) is 0 Å². The molecule has 0 aromatic heterocycles. The predicted molar refractivity (Wildman–Crippen MR) is 78.9 cm³/mol. The molecule has 3 heteroatoms. The summed E-state index contributed by atoms with van der Waals surface area (Å²) in [6, 6.07) is 13.8. The molecule has 2 aromatic rings. The van der Waals surface area contributed by atoms with Gasteiger partial charge in [-0.3, -0.25) is 0 Å². The maximum atomic E-state index is 9.60. The van der Waals surface area contributed by atoms with Crippen molar-refractivity contribution in [2.45, 2.75) is 0 Å². The molecular formula is C14H10Br2O. The third-order valence-electron chi connectivity index (χ3n) is 2.31. The van der Waals surface area contributed by atoms with Crippen LogP contribution in [0.25, 0.3) is 12.2 Å². The maximum absolute atomic E-state index is 9.60. The Morgan fingerprint density at radius 3 is 1.94 bits per heavy atom. The molecular weight excluding hydrogens is 344 g/mol. The third-order valence-corrected chi connectivity index (χ3v) is 3.52. The lowest BCUT2D eigenvalue weighted by Gasteiger charge is -2.02. The summed E-state index contributed by atoms with van der Waals surface area (Å²) in [7, 11) is 0. The van der Waals surface area contributed by atoms with Crippen molar-refractivity contribution in [3.63, 3.8) is 0 Å². The minimum atomic E-state index is 0.224. The zero-order chi connectivity index (χ0) is 12.3. The van der Waals surface area contributed by atoms with Crippen LogP contribution in [-0.2, 0) is 0 Å². The zero-order valence-electron chi connectivity index (χ0n) is 8.90. The summed E-state index contributed by atoms with van der Waals surface area (Å²) in [4.78, 5) is 0. The molecule has 0 radical (unpaired) electrons. The van der Waals surface area contributed by atoms with Crippen molar-refractivity contribution < 1.29 is 5.11 Å². The fraction of sp³-hybridized carbons (Fsp3) is 0. The highest BCUT2D eigenvalue weighted by molar-refractivity contribution is 9.11. The average molecular weight is 354 g/mol. The molecule has 0 unspecified atom stereocenters. The predicted octanol–water partition coefficient (Wildman–Crippen LogP) is 5.09. The first-order chi connectivity index (χ1) is 8.16. The molecule has 0 amide bonds. The second-order valence-electron chi connectivity index (χ2n) is 3.58. The second kappa shape index (κ2) is 5.52. The summed E-state index contributed by atoms with van der Waals surface area (Å²) in [5, 5.41) is 9.60. The van der Waals surface area contributed by atoms with E-state index in [-0.39, 0.29) is 5.75 Å². The van der Waals surface area contributed by atoms with Gasteiger partial charge in [-0.15, -0.1) is 0 Å². The summed E-state index contributed by atoms with van der Waals surface area (Å²) in [6.45, 7) is 0. The van der Waals surface area contributed by atoms with Crippen LogP contribution in [0, 0.1) is 0 Å². The summed E-state index contributed by atoms with van der Waals surface area (Å²) in [5.74, 6) is 0.224. The lowest BCUT2D eigenvalue weighted by molar-refractivity contribution is 0.468. The van der Waals surface area contributed by atoms with Gasteiger partial charge in [0, 0.05) is 0 Å². The molecule has 1 nitrogen and oxygen atoms in total. The number of hydrogen-bond acceptors (Lipinski definition) is 1. The normalized spacial score (nSPS) is 10.9. The minimum Gasteiger partial charge on any atom is -0.506 e. The van der Waals surface area contributed by atoms with Crippen LogP contribution in [0.2, 0.25) is 0 Å². The van der Waals surface area contributed by atoms with Gasteiger partial charge in [0.1, 0.15) is 5.75 Å². The van der Waals surface area contributed by atoms with Crippen LogP contribution in [0.5, 0.6) is 5.75 Å². The highest BCUT2D eigenvalue weighted by Crippen LogP contribution is 2.33. The average Bonchev–Trinajstić information content (AvgIpc) is 2.34. The van der Waals surface area contributed by atoms with Crippen LogP contribution in [-0.4, -0.2) is 5.11 Å². The third kappa shape index (κ3) is 3.20. The van der Waals surface area contributed by atoms with Crippen molar-refractivity contribution >= 4 is 44.0 Å². The molecule has 0 bridgehead atoms. The van der Waals surface area contributed by atoms with E-state index >= 15 is 0 Å². The van der Waals surface area contributed by atoms with Gasteiger partial charge >= 0.3 is 0 Å². The molecule has 0 aliphatic heterocycles. The molecule has 0 saturated carbocycles. The molecule has 0 heterocycles. The Morgan fingerprint density at radius 1 is 0.824 bits per heavy atom. The van der Waals surface area contributed by atoms with Crippen LogP contribution < -0.4 is 0 Å². The van der Waals surface area contributed by atoms with Gasteiger partial charge in [-0.25, -0.2) is 0 Å². The van der Waals surface area contributed by atoms with Crippen molar-refractivity contribution in [2.24, 2.45) is 0 Å². The van der Waals surface area contributed by atoms with E-state index < -0.39 is 0 Å². The van der Waals surface area contributed by atoms with Gasteiger partial charge in [0.25, 0.3) is 0 Å². The summed E-state index contributed by atoms with van der Waals surface area (Å²) in [5.41, 5.74) is 2.17. The molecule has 0 atom stereocenters. The van der Waals surface area contributed by atoms with E-state index in [4.69, 9.17) is 0 Å². The smallest absolute Gasteiger partial charge is 0.143 e. The molecule has 0 fully saturated rings. The molecule has 0 aliphatic rings. The van der Waals surface area contributed by atoms with Gasteiger partial charge < -0.3 is 5.11 Å². The number of hydrogen-bond donors (Lipinski definition) is 1. The number of phenolic OH excluding ortho intramolecular Hbond substituents is 1. The first-order valence-electron chi connectivity index (χ1n) is 5.08.